The average Bonchev–Trinajstić information content (AvgIpc) is 3.52. The molecule has 4 aromatic rings. The fourth-order valence-corrected chi connectivity index (χ4v) is 6.65. The molecular formula is C30H33ClN3O3S. The zero-order valence-electron chi connectivity index (χ0n) is 22.3. The number of benzene rings is 2. The standard InChI is InChI=1S/C30H33ClN3O3S/c1-17-12-18(2)27-20(13-17)14-23(32-27)29(35)34-30-33-28(21-15-25(37-4)22(31)16-24(21)36-3)26(38-30)11-10-19-8-6-5-7-9-19/h12-13,15-16,19,32H,5-11H2,1-4H3,(H,33,34,35). The summed E-state index contributed by atoms with van der Waals surface area (Å²) in [5.41, 5.74) is 5.12. The molecule has 6 nitrogen and oxygen atoms in total. The molecule has 2 aromatic heterocycles. The van der Waals surface area contributed by atoms with Crippen LogP contribution in [0.25, 0.3) is 22.2 Å². The van der Waals surface area contributed by atoms with E-state index in [2.05, 4.69) is 22.4 Å². The molecule has 1 fully saturated rings. The summed E-state index contributed by atoms with van der Waals surface area (Å²) in [6.07, 6.45) is 8.51. The second-order valence-corrected chi connectivity index (χ2v) is 11.6. The summed E-state index contributed by atoms with van der Waals surface area (Å²) >= 11 is 7.89. The molecule has 2 N–H and O–H groups in total. The Morgan fingerprint density at radius 3 is 2.63 bits per heavy atom. The van der Waals surface area contributed by atoms with E-state index in [4.69, 9.17) is 26.1 Å². The molecule has 199 valence electrons. The van der Waals surface area contributed by atoms with E-state index >= 15 is 0 Å². The number of anilines is 1. The molecule has 0 bridgehead atoms. The van der Waals surface area contributed by atoms with Crippen molar-refractivity contribution in [3.8, 4) is 22.8 Å². The number of rotatable bonds is 8. The molecule has 1 amide bonds. The van der Waals surface area contributed by atoms with Gasteiger partial charge in [0.1, 0.15) is 17.2 Å². The number of amides is 1. The van der Waals surface area contributed by atoms with Gasteiger partial charge in [0.15, 0.2) is 5.13 Å². The normalized spacial score (nSPS) is 14.1. The number of nitrogens with one attached hydrogen (secondary N) is 2. The Kier molecular flexibility index (Phi) is 7.96. The molecule has 8 heteroatoms. The number of carbonyl (C=O) groups is 1. The van der Waals surface area contributed by atoms with Crippen LogP contribution < -0.4 is 14.8 Å². The Hall–Kier alpha value is -3.03. The van der Waals surface area contributed by atoms with Crippen LogP contribution in [-0.2, 0) is 6.42 Å². The van der Waals surface area contributed by atoms with Crippen molar-refractivity contribution in [2.75, 3.05) is 19.5 Å². The Labute approximate surface area is 232 Å². The third kappa shape index (κ3) is 5.54. The van der Waals surface area contributed by atoms with Gasteiger partial charge in [0.2, 0.25) is 0 Å². The van der Waals surface area contributed by atoms with Crippen molar-refractivity contribution in [1.29, 1.82) is 0 Å². The maximum absolute atomic E-state index is 13.2. The fraction of sp³-hybridized carbons (Fsp3) is 0.400. The molecule has 1 saturated carbocycles. The third-order valence-electron chi connectivity index (χ3n) is 7.37. The predicted octanol–water partition coefficient (Wildman–Crippen LogP) is 8.14. The number of halogens is 1. The minimum atomic E-state index is -0.266. The first kappa shape index (κ1) is 26.6. The Morgan fingerprint density at radius 2 is 1.89 bits per heavy atom. The lowest BCUT2D eigenvalue weighted by atomic mass is 9.86. The van der Waals surface area contributed by atoms with Crippen LogP contribution in [0, 0.1) is 25.8 Å². The van der Waals surface area contributed by atoms with Gasteiger partial charge in [-0.25, -0.2) is 4.98 Å². The Balaban J connectivity index is 1.48. The van der Waals surface area contributed by atoms with Crippen LogP contribution in [0.15, 0.2) is 24.3 Å². The predicted molar refractivity (Wildman–Crippen MR) is 155 cm³/mol. The number of hydrogen-bond acceptors (Lipinski definition) is 5. The number of aromatic amines is 1. The minimum Gasteiger partial charge on any atom is -0.496 e. The zero-order chi connectivity index (χ0) is 26.8. The molecule has 1 radical (unpaired) electrons. The van der Waals surface area contributed by atoms with Crippen LogP contribution in [0.1, 0.15) is 65.0 Å². The minimum absolute atomic E-state index is 0.266. The van der Waals surface area contributed by atoms with Crippen LogP contribution in [0.3, 0.4) is 0 Å². The van der Waals surface area contributed by atoms with Crippen LogP contribution in [-0.4, -0.2) is 30.1 Å². The summed E-state index contributed by atoms with van der Waals surface area (Å²) in [6, 6.07) is 11.0. The molecule has 5 rings (SSSR count). The lowest BCUT2D eigenvalue weighted by Crippen LogP contribution is -2.12. The van der Waals surface area contributed by atoms with Gasteiger partial charge in [-0.2, -0.15) is 0 Å². The molecule has 0 saturated heterocycles. The number of carbonyl (C=O) groups excluding carboxylic acids is 1. The quantitative estimate of drug-likeness (QED) is 0.232. The molecule has 0 aliphatic heterocycles. The molecule has 38 heavy (non-hydrogen) atoms. The summed E-state index contributed by atoms with van der Waals surface area (Å²) in [7, 11) is 3.21. The molecule has 1 aliphatic carbocycles. The number of H-pyrrole nitrogens is 1. The second-order valence-electron chi connectivity index (χ2n) is 10.1. The van der Waals surface area contributed by atoms with Gasteiger partial charge in [0.25, 0.3) is 5.91 Å². The van der Waals surface area contributed by atoms with E-state index in [1.165, 1.54) is 43.4 Å². The highest BCUT2D eigenvalue weighted by Crippen LogP contribution is 2.42. The lowest BCUT2D eigenvalue weighted by Gasteiger charge is -2.21. The average molecular weight is 551 g/mol. The molecule has 0 spiro atoms. The van der Waals surface area contributed by atoms with E-state index in [1.807, 2.05) is 26.0 Å². The number of methoxy groups -OCH3 is 2. The largest absolute Gasteiger partial charge is 0.496 e. The van der Waals surface area contributed by atoms with Gasteiger partial charge < -0.3 is 14.5 Å². The van der Waals surface area contributed by atoms with Gasteiger partial charge in [-0.1, -0.05) is 55.3 Å². The smallest absolute Gasteiger partial charge is 0.274 e. The third-order valence-corrected chi connectivity index (χ3v) is 8.69. The van der Waals surface area contributed by atoms with Crippen LogP contribution in [0.5, 0.6) is 11.5 Å². The van der Waals surface area contributed by atoms with Crippen molar-refractivity contribution in [1.82, 2.24) is 9.97 Å². The molecule has 1 aliphatic rings. The number of fused-ring (bicyclic) bond motifs is 1. The lowest BCUT2D eigenvalue weighted by molar-refractivity contribution is 0.102. The van der Waals surface area contributed by atoms with Crippen molar-refractivity contribution in [2.45, 2.75) is 58.8 Å². The van der Waals surface area contributed by atoms with Crippen LogP contribution in [0.2, 0.25) is 5.02 Å². The Bertz CT molecular complexity index is 1470. The zero-order valence-corrected chi connectivity index (χ0v) is 23.9. The maximum Gasteiger partial charge on any atom is 0.274 e. The highest BCUT2D eigenvalue weighted by molar-refractivity contribution is 7.16. The summed E-state index contributed by atoms with van der Waals surface area (Å²) < 4.78 is 11.2. The van der Waals surface area contributed by atoms with E-state index in [0.29, 0.717) is 27.3 Å². The van der Waals surface area contributed by atoms with E-state index in [9.17, 15) is 4.79 Å². The maximum atomic E-state index is 13.2. The fourth-order valence-electron chi connectivity index (χ4n) is 5.44. The summed E-state index contributed by atoms with van der Waals surface area (Å²) in [5.74, 6) is 1.63. The van der Waals surface area contributed by atoms with Gasteiger partial charge in [-0.05, 0) is 50.3 Å². The SMILES string of the molecule is COc1cc(-c2nc(NC(=O)c3[c]c4cc(C)cc(C)c4[nH]3)sc2CCC2CCCCC2)c(OC)cc1Cl. The number of aryl methyl sites for hydroxylation is 3. The van der Waals surface area contributed by atoms with Gasteiger partial charge in [-0.3, -0.25) is 10.1 Å². The van der Waals surface area contributed by atoms with Crippen molar-refractivity contribution in [3.63, 3.8) is 0 Å². The van der Waals surface area contributed by atoms with Crippen LogP contribution >= 0.6 is 22.9 Å². The van der Waals surface area contributed by atoms with E-state index in [1.54, 1.807) is 20.3 Å². The van der Waals surface area contributed by atoms with Gasteiger partial charge in [0, 0.05) is 33.5 Å². The molecular weight excluding hydrogens is 518 g/mol. The van der Waals surface area contributed by atoms with Gasteiger partial charge >= 0.3 is 0 Å². The first-order valence-corrected chi connectivity index (χ1v) is 14.3. The number of thiazole rings is 1. The molecule has 2 heterocycles. The summed E-state index contributed by atoms with van der Waals surface area (Å²) in [6.45, 7) is 4.07. The second kappa shape index (κ2) is 11.4. The first-order chi connectivity index (χ1) is 18.4. The molecule has 0 unspecified atom stereocenters. The van der Waals surface area contributed by atoms with Gasteiger partial charge in [0.05, 0.1) is 24.9 Å². The van der Waals surface area contributed by atoms with Gasteiger partial charge in [-0.15, -0.1) is 11.3 Å². The number of nitrogens with zero attached hydrogens (tertiary/aromatic N) is 1. The molecule has 0 atom stereocenters. The number of hydrogen-bond donors (Lipinski definition) is 2. The topological polar surface area (TPSA) is 76.2 Å². The summed E-state index contributed by atoms with van der Waals surface area (Å²) in [4.78, 5) is 22.5. The van der Waals surface area contributed by atoms with E-state index in [-0.39, 0.29) is 5.91 Å². The number of ether oxygens (including phenoxy) is 2. The van der Waals surface area contributed by atoms with Crippen molar-refractivity contribution in [2.24, 2.45) is 5.92 Å². The molecule has 2 aromatic carbocycles. The first-order valence-electron chi connectivity index (χ1n) is 13.1. The highest BCUT2D eigenvalue weighted by atomic mass is 35.5. The van der Waals surface area contributed by atoms with Crippen LogP contribution in [0.4, 0.5) is 5.13 Å². The van der Waals surface area contributed by atoms with Crippen molar-refractivity contribution in [3.05, 3.63) is 57.1 Å². The summed E-state index contributed by atoms with van der Waals surface area (Å²) in [5, 5.41) is 4.92. The highest BCUT2D eigenvalue weighted by Gasteiger charge is 2.23. The van der Waals surface area contributed by atoms with E-state index < -0.39 is 0 Å². The van der Waals surface area contributed by atoms with E-state index in [0.717, 1.165) is 56.9 Å². The Morgan fingerprint density at radius 1 is 1.13 bits per heavy atom. The monoisotopic (exact) mass is 550 g/mol. The van der Waals surface area contributed by atoms with Crippen molar-refractivity contribution >= 4 is 44.9 Å². The van der Waals surface area contributed by atoms with Crippen molar-refractivity contribution < 1.29 is 14.3 Å². The number of aromatic nitrogens is 2.